The largest absolute Gasteiger partial charge is 0.288 e. The molecule has 1 aliphatic carbocycles. The van der Waals surface area contributed by atoms with Crippen molar-refractivity contribution in [3.63, 3.8) is 0 Å². The quantitative estimate of drug-likeness (QED) is 0.481. The number of nitrogens with zero attached hydrogens (tertiary/aromatic N) is 3. The van der Waals surface area contributed by atoms with E-state index in [1.807, 2.05) is 24.3 Å². The van der Waals surface area contributed by atoms with Crippen LogP contribution in [0.1, 0.15) is 50.5 Å². The van der Waals surface area contributed by atoms with E-state index in [0.717, 1.165) is 29.1 Å². The van der Waals surface area contributed by atoms with Gasteiger partial charge in [0.2, 0.25) is 5.91 Å². The SMILES string of the molecule is Cc1ccc2nc(-c3ccc(N4C(=O)C[C@H](N5CCC[C@@H]6CCCC[C@@H]65)C4=O)cc3)sc2c1. The Balaban J connectivity index is 1.24. The summed E-state index contributed by atoms with van der Waals surface area (Å²) in [6, 6.07) is 14.2. The molecule has 6 heteroatoms. The number of hydrogen-bond donors (Lipinski definition) is 0. The number of carbonyl (C=O) groups is 2. The third-order valence-corrected chi connectivity index (χ3v) is 8.79. The van der Waals surface area contributed by atoms with Gasteiger partial charge in [0.15, 0.2) is 0 Å². The van der Waals surface area contributed by atoms with Gasteiger partial charge < -0.3 is 0 Å². The molecule has 2 aliphatic heterocycles. The summed E-state index contributed by atoms with van der Waals surface area (Å²) in [5, 5.41) is 0.954. The summed E-state index contributed by atoms with van der Waals surface area (Å²) in [7, 11) is 0. The third-order valence-electron chi connectivity index (χ3n) is 7.73. The Bertz CT molecular complexity index is 1220. The molecule has 1 saturated carbocycles. The van der Waals surface area contributed by atoms with Crippen LogP contribution >= 0.6 is 11.3 Å². The maximum absolute atomic E-state index is 13.4. The van der Waals surface area contributed by atoms with Gasteiger partial charge in [-0.25, -0.2) is 9.88 Å². The Morgan fingerprint density at radius 1 is 0.970 bits per heavy atom. The molecule has 0 spiro atoms. The number of aromatic nitrogens is 1. The van der Waals surface area contributed by atoms with Crippen molar-refractivity contribution in [2.45, 2.75) is 64.0 Å². The molecule has 3 fully saturated rings. The van der Waals surface area contributed by atoms with E-state index >= 15 is 0 Å². The number of fused-ring (bicyclic) bond motifs is 2. The lowest BCUT2D eigenvalue weighted by Gasteiger charge is -2.46. The molecule has 3 aromatic rings. The van der Waals surface area contributed by atoms with E-state index in [1.165, 1.54) is 47.3 Å². The van der Waals surface area contributed by atoms with Crippen LogP contribution in [0.15, 0.2) is 42.5 Å². The van der Waals surface area contributed by atoms with E-state index in [2.05, 4.69) is 30.0 Å². The van der Waals surface area contributed by atoms with Gasteiger partial charge in [0.05, 0.1) is 28.4 Å². The van der Waals surface area contributed by atoms with Crippen molar-refractivity contribution in [3.05, 3.63) is 48.0 Å². The zero-order chi connectivity index (χ0) is 22.5. The molecule has 2 saturated heterocycles. The summed E-state index contributed by atoms with van der Waals surface area (Å²) in [4.78, 5) is 35.0. The second-order valence-electron chi connectivity index (χ2n) is 9.82. The van der Waals surface area contributed by atoms with E-state index in [1.54, 1.807) is 11.3 Å². The van der Waals surface area contributed by atoms with E-state index in [9.17, 15) is 9.59 Å². The predicted molar refractivity (Wildman–Crippen MR) is 132 cm³/mol. The van der Waals surface area contributed by atoms with E-state index in [-0.39, 0.29) is 17.9 Å². The Hall–Kier alpha value is -2.57. The topological polar surface area (TPSA) is 53.5 Å². The van der Waals surface area contributed by atoms with Crippen molar-refractivity contribution in [1.82, 2.24) is 9.88 Å². The smallest absolute Gasteiger partial charge is 0.251 e. The summed E-state index contributed by atoms with van der Waals surface area (Å²) in [6.45, 7) is 3.03. The average Bonchev–Trinajstić information content (AvgIpc) is 3.38. The summed E-state index contributed by atoms with van der Waals surface area (Å²) >= 11 is 1.67. The van der Waals surface area contributed by atoms with Crippen LogP contribution in [-0.4, -0.2) is 40.3 Å². The van der Waals surface area contributed by atoms with Crippen LogP contribution in [0.4, 0.5) is 5.69 Å². The Labute approximate surface area is 198 Å². The number of thiazole rings is 1. The minimum Gasteiger partial charge on any atom is -0.288 e. The van der Waals surface area contributed by atoms with E-state index in [0.29, 0.717) is 24.1 Å². The molecule has 2 aromatic carbocycles. The van der Waals surface area contributed by atoms with Crippen molar-refractivity contribution in [2.24, 2.45) is 5.92 Å². The second kappa shape index (κ2) is 8.33. The molecular weight excluding hydrogens is 430 g/mol. The summed E-state index contributed by atoms with van der Waals surface area (Å²) in [5.41, 5.74) is 3.90. The first-order valence-corrected chi connectivity index (χ1v) is 13.0. The number of imide groups is 1. The molecule has 2 amide bonds. The molecule has 0 unspecified atom stereocenters. The third kappa shape index (κ3) is 3.69. The molecule has 33 heavy (non-hydrogen) atoms. The van der Waals surface area contributed by atoms with E-state index < -0.39 is 0 Å². The van der Waals surface area contributed by atoms with Crippen LogP contribution in [0, 0.1) is 12.8 Å². The van der Waals surface area contributed by atoms with Gasteiger partial charge in [-0.3, -0.25) is 14.5 Å². The number of aryl methyl sites for hydroxylation is 1. The normalized spacial score (nSPS) is 26.2. The molecule has 6 rings (SSSR count). The standard InChI is InChI=1S/C27H29N3O2S/c1-17-8-13-21-24(15-17)33-26(28-21)19-9-11-20(12-10-19)30-25(31)16-23(27(30)32)29-14-4-6-18-5-2-3-7-22(18)29/h8-13,15,18,22-23H,2-7,14,16H2,1H3/t18-,22-,23-/m0/s1. The predicted octanol–water partition coefficient (Wildman–Crippen LogP) is 5.56. The summed E-state index contributed by atoms with van der Waals surface area (Å²) in [6.07, 6.45) is 7.69. The van der Waals surface area contributed by atoms with Crippen molar-refractivity contribution < 1.29 is 9.59 Å². The van der Waals surface area contributed by atoms with Crippen molar-refractivity contribution >= 4 is 39.1 Å². The van der Waals surface area contributed by atoms with Crippen LogP contribution < -0.4 is 4.90 Å². The first kappa shape index (κ1) is 21.0. The molecule has 3 aliphatic rings. The molecule has 170 valence electrons. The number of benzene rings is 2. The van der Waals surface area contributed by atoms with Crippen LogP contribution in [0.3, 0.4) is 0 Å². The first-order chi connectivity index (χ1) is 16.1. The van der Waals surface area contributed by atoms with Crippen molar-refractivity contribution in [3.8, 4) is 10.6 Å². The number of likely N-dealkylation sites (tertiary alicyclic amines) is 1. The highest BCUT2D eigenvalue weighted by molar-refractivity contribution is 7.21. The molecule has 0 bridgehead atoms. The Morgan fingerprint density at radius 3 is 2.61 bits per heavy atom. The van der Waals surface area contributed by atoms with Gasteiger partial charge in [-0.15, -0.1) is 11.3 Å². The first-order valence-electron chi connectivity index (χ1n) is 12.2. The maximum atomic E-state index is 13.4. The monoisotopic (exact) mass is 459 g/mol. The van der Waals surface area contributed by atoms with Gasteiger partial charge in [-0.1, -0.05) is 18.9 Å². The number of amides is 2. The molecule has 3 heterocycles. The van der Waals surface area contributed by atoms with Gasteiger partial charge in [-0.2, -0.15) is 0 Å². The maximum Gasteiger partial charge on any atom is 0.251 e. The van der Waals surface area contributed by atoms with Gasteiger partial charge in [0, 0.05) is 11.6 Å². The molecular formula is C27H29N3O2S. The van der Waals surface area contributed by atoms with Crippen molar-refractivity contribution in [2.75, 3.05) is 11.4 Å². The van der Waals surface area contributed by atoms with Gasteiger partial charge >= 0.3 is 0 Å². The fraction of sp³-hybridized carbons (Fsp3) is 0.444. The lowest BCUT2D eigenvalue weighted by atomic mass is 9.77. The second-order valence-corrected chi connectivity index (χ2v) is 10.8. The zero-order valence-electron chi connectivity index (χ0n) is 19.0. The average molecular weight is 460 g/mol. The molecule has 1 aromatic heterocycles. The summed E-state index contributed by atoms with van der Waals surface area (Å²) < 4.78 is 1.17. The van der Waals surface area contributed by atoms with Gasteiger partial charge in [0.1, 0.15) is 5.01 Å². The highest BCUT2D eigenvalue weighted by Crippen LogP contribution is 2.39. The Morgan fingerprint density at radius 2 is 1.76 bits per heavy atom. The Kier molecular flexibility index (Phi) is 5.30. The molecule has 0 N–H and O–H groups in total. The zero-order valence-corrected chi connectivity index (χ0v) is 19.8. The fourth-order valence-electron chi connectivity index (χ4n) is 6.10. The van der Waals surface area contributed by atoms with Crippen LogP contribution in [0.5, 0.6) is 0 Å². The molecule has 3 atom stereocenters. The minimum atomic E-state index is -0.296. The lowest BCUT2D eigenvalue weighted by Crippen LogP contribution is -2.54. The van der Waals surface area contributed by atoms with Crippen LogP contribution in [0.2, 0.25) is 0 Å². The van der Waals surface area contributed by atoms with Crippen molar-refractivity contribution in [1.29, 1.82) is 0 Å². The van der Waals surface area contributed by atoms with Crippen LogP contribution in [0.25, 0.3) is 20.8 Å². The number of hydrogen-bond acceptors (Lipinski definition) is 5. The number of piperidine rings is 1. The highest BCUT2D eigenvalue weighted by atomic mass is 32.1. The van der Waals surface area contributed by atoms with Gasteiger partial charge in [0.25, 0.3) is 5.91 Å². The lowest BCUT2D eigenvalue weighted by molar-refractivity contribution is -0.124. The van der Waals surface area contributed by atoms with Crippen LogP contribution in [-0.2, 0) is 9.59 Å². The number of carbonyl (C=O) groups excluding carboxylic acids is 2. The van der Waals surface area contributed by atoms with Gasteiger partial charge in [-0.05, 0) is 87.0 Å². The number of anilines is 1. The summed E-state index contributed by atoms with van der Waals surface area (Å²) in [5.74, 6) is 0.571. The minimum absolute atomic E-state index is 0.0468. The number of rotatable bonds is 3. The fourth-order valence-corrected chi connectivity index (χ4v) is 7.17. The molecule has 5 nitrogen and oxygen atoms in total. The van der Waals surface area contributed by atoms with E-state index in [4.69, 9.17) is 4.98 Å². The highest BCUT2D eigenvalue weighted by Gasteiger charge is 2.47. The molecule has 0 radical (unpaired) electrons.